The van der Waals surface area contributed by atoms with Crippen molar-refractivity contribution in [2.24, 2.45) is 0 Å². The Kier molecular flexibility index (Phi) is 3.53. The molecule has 0 fully saturated rings. The summed E-state index contributed by atoms with van der Waals surface area (Å²) in [4.78, 5) is 6.19. The summed E-state index contributed by atoms with van der Waals surface area (Å²) in [5, 5.41) is 19.0. The average molecular weight is 336 g/mol. The Hall–Kier alpha value is -3.15. The zero-order chi connectivity index (χ0) is 17.6. The number of aliphatic hydroxyl groups excluding tert-OH is 1. The number of aryl methyl sites for hydroxylation is 1. The zero-order valence-electron chi connectivity index (χ0n) is 13.7. The number of halogens is 1. The van der Waals surface area contributed by atoms with Crippen molar-refractivity contribution in [3.05, 3.63) is 65.9 Å². The van der Waals surface area contributed by atoms with Crippen LogP contribution in [0.5, 0.6) is 0 Å². The lowest BCUT2D eigenvalue weighted by atomic mass is 10.2. The van der Waals surface area contributed by atoms with E-state index in [1.165, 1.54) is 12.1 Å². The molecule has 3 aromatic rings. The molecule has 0 saturated heterocycles. The summed E-state index contributed by atoms with van der Waals surface area (Å²) in [6.07, 6.45) is 0. The van der Waals surface area contributed by atoms with E-state index < -0.39 is 0 Å². The number of nitrogens with zero attached hydrogens (tertiary/aromatic N) is 3. The largest absolute Gasteiger partial charge is 0.509 e. The highest BCUT2D eigenvalue weighted by atomic mass is 19.1. The molecule has 1 aromatic heterocycles. The molecule has 5 nitrogen and oxygen atoms in total. The first-order valence-corrected chi connectivity index (χ1v) is 8.10. The standard InChI is InChI=1S/C19H17FN4O/c1-2-23-15-9-4-3-8-14(15)22-19(23)17-16(25)11-24(18(17)21)13-7-5-6-12(20)10-13/h3-10,21,25H,2,11H2,1H3. The number of hydrogen-bond donors (Lipinski definition) is 2. The lowest BCUT2D eigenvalue weighted by molar-refractivity contribution is 0.411. The minimum atomic E-state index is -0.376. The first-order chi connectivity index (χ1) is 12.1. The fourth-order valence-corrected chi connectivity index (χ4v) is 3.27. The maximum absolute atomic E-state index is 13.5. The molecule has 0 bridgehead atoms. The third-order valence-electron chi connectivity index (χ3n) is 4.42. The third-order valence-corrected chi connectivity index (χ3v) is 4.42. The number of benzene rings is 2. The second-order valence-corrected chi connectivity index (χ2v) is 5.90. The van der Waals surface area contributed by atoms with Gasteiger partial charge in [-0.3, -0.25) is 5.41 Å². The Bertz CT molecular complexity index is 1020. The molecule has 0 atom stereocenters. The molecule has 0 spiro atoms. The molecule has 2 N–H and O–H groups in total. The van der Waals surface area contributed by atoms with E-state index in [2.05, 4.69) is 4.98 Å². The van der Waals surface area contributed by atoms with E-state index >= 15 is 0 Å². The molecule has 2 heterocycles. The number of aromatic nitrogens is 2. The van der Waals surface area contributed by atoms with Crippen molar-refractivity contribution in [2.45, 2.75) is 13.5 Å². The van der Waals surface area contributed by atoms with Crippen LogP contribution in [0, 0.1) is 11.2 Å². The number of anilines is 1. The maximum Gasteiger partial charge on any atom is 0.148 e. The highest BCUT2D eigenvalue weighted by Crippen LogP contribution is 2.32. The lowest BCUT2D eigenvalue weighted by Gasteiger charge is -2.19. The fraction of sp³-hybridized carbons (Fsp3) is 0.158. The number of hydrogen-bond acceptors (Lipinski definition) is 3. The van der Waals surface area contributed by atoms with Crippen LogP contribution in [-0.2, 0) is 6.54 Å². The van der Waals surface area contributed by atoms with Crippen molar-refractivity contribution in [1.82, 2.24) is 9.55 Å². The summed E-state index contributed by atoms with van der Waals surface area (Å²) >= 11 is 0. The number of rotatable bonds is 3. The number of para-hydroxylation sites is 2. The SMILES string of the molecule is CCn1c(C2=C(O)CN(c3cccc(F)c3)C2=N)nc2ccccc21. The molecule has 1 aliphatic heterocycles. The highest BCUT2D eigenvalue weighted by Gasteiger charge is 2.32. The van der Waals surface area contributed by atoms with Gasteiger partial charge in [0.15, 0.2) is 0 Å². The van der Waals surface area contributed by atoms with Crippen LogP contribution < -0.4 is 4.90 Å². The topological polar surface area (TPSA) is 65.1 Å². The van der Waals surface area contributed by atoms with Crippen molar-refractivity contribution >= 4 is 28.1 Å². The summed E-state index contributed by atoms with van der Waals surface area (Å²) in [6.45, 7) is 2.79. The molecule has 1 aliphatic rings. The molecule has 0 amide bonds. The Morgan fingerprint density at radius 1 is 1.20 bits per heavy atom. The normalized spacial score (nSPS) is 14.8. The monoisotopic (exact) mass is 336 g/mol. The van der Waals surface area contributed by atoms with Gasteiger partial charge in [0.1, 0.15) is 23.2 Å². The van der Waals surface area contributed by atoms with Crippen molar-refractivity contribution < 1.29 is 9.50 Å². The summed E-state index contributed by atoms with van der Waals surface area (Å²) in [5.74, 6) is 0.372. The minimum absolute atomic E-state index is 0.0688. The van der Waals surface area contributed by atoms with Gasteiger partial charge in [-0.1, -0.05) is 18.2 Å². The van der Waals surface area contributed by atoms with Crippen molar-refractivity contribution in [2.75, 3.05) is 11.4 Å². The summed E-state index contributed by atoms with van der Waals surface area (Å²) in [6, 6.07) is 13.7. The maximum atomic E-state index is 13.5. The smallest absolute Gasteiger partial charge is 0.148 e. The van der Waals surface area contributed by atoms with Gasteiger partial charge < -0.3 is 14.6 Å². The Labute approximate surface area is 144 Å². The molecule has 0 aliphatic carbocycles. The first-order valence-electron chi connectivity index (χ1n) is 8.10. The number of nitrogens with one attached hydrogen (secondary N) is 1. The summed E-state index contributed by atoms with van der Waals surface area (Å²) in [5.41, 5.74) is 2.70. The second kappa shape index (κ2) is 5.73. The van der Waals surface area contributed by atoms with Gasteiger partial charge in [0.05, 0.1) is 23.2 Å². The number of amidine groups is 1. The van der Waals surface area contributed by atoms with Crippen LogP contribution in [0.4, 0.5) is 10.1 Å². The third kappa shape index (κ3) is 2.38. The molecular weight excluding hydrogens is 319 g/mol. The van der Waals surface area contributed by atoms with Crippen LogP contribution in [0.2, 0.25) is 0 Å². The summed E-state index contributed by atoms with van der Waals surface area (Å²) in [7, 11) is 0. The molecule has 0 radical (unpaired) electrons. The van der Waals surface area contributed by atoms with Gasteiger partial charge in [0, 0.05) is 12.2 Å². The molecule has 0 unspecified atom stereocenters. The van der Waals surface area contributed by atoms with Crippen LogP contribution in [-0.4, -0.2) is 27.0 Å². The molecular formula is C19H17FN4O. The van der Waals surface area contributed by atoms with Gasteiger partial charge in [-0.15, -0.1) is 0 Å². The van der Waals surface area contributed by atoms with Crippen LogP contribution in [0.3, 0.4) is 0 Å². The van der Waals surface area contributed by atoms with E-state index in [9.17, 15) is 9.50 Å². The average Bonchev–Trinajstić information content (AvgIpc) is 3.11. The Morgan fingerprint density at radius 3 is 2.76 bits per heavy atom. The molecule has 126 valence electrons. The van der Waals surface area contributed by atoms with E-state index in [0.717, 1.165) is 11.0 Å². The van der Waals surface area contributed by atoms with Gasteiger partial charge in [0.25, 0.3) is 0 Å². The van der Waals surface area contributed by atoms with Crippen molar-refractivity contribution in [1.29, 1.82) is 5.41 Å². The number of fused-ring (bicyclic) bond motifs is 1. The molecule has 6 heteroatoms. The number of imidazole rings is 1. The molecule has 0 saturated carbocycles. The van der Waals surface area contributed by atoms with E-state index in [0.29, 0.717) is 23.6 Å². The fourth-order valence-electron chi connectivity index (χ4n) is 3.27. The van der Waals surface area contributed by atoms with Gasteiger partial charge in [0.2, 0.25) is 0 Å². The highest BCUT2D eigenvalue weighted by molar-refractivity contribution is 6.30. The minimum Gasteiger partial charge on any atom is -0.509 e. The van der Waals surface area contributed by atoms with Crippen molar-refractivity contribution in [3.63, 3.8) is 0 Å². The second-order valence-electron chi connectivity index (χ2n) is 5.90. The van der Waals surface area contributed by atoms with E-state index in [4.69, 9.17) is 5.41 Å². The van der Waals surface area contributed by atoms with Crippen molar-refractivity contribution in [3.8, 4) is 0 Å². The van der Waals surface area contributed by atoms with Gasteiger partial charge in [-0.05, 0) is 37.3 Å². The number of aliphatic hydroxyl groups is 1. The zero-order valence-corrected chi connectivity index (χ0v) is 13.7. The van der Waals surface area contributed by atoms with Crippen LogP contribution >= 0.6 is 0 Å². The predicted molar refractivity (Wildman–Crippen MR) is 96.4 cm³/mol. The van der Waals surface area contributed by atoms with Crippen LogP contribution in [0.1, 0.15) is 12.7 Å². The van der Waals surface area contributed by atoms with E-state index in [1.807, 2.05) is 35.8 Å². The predicted octanol–water partition coefficient (Wildman–Crippen LogP) is 3.96. The van der Waals surface area contributed by atoms with Gasteiger partial charge in [-0.2, -0.15) is 0 Å². The van der Waals surface area contributed by atoms with Gasteiger partial charge in [-0.25, -0.2) is 9.37 Å². The first kappa shape index (κ1) is 15.4. The molecule has 2 aromatic carbocycles. The quantitative estimate of drug-likeness (QED) is 0.761. The van der Waals surface area contributed by atoms with E-state index in [1.54, 1.807) is 17.0 Å². The summed E-state index contributed by atoms with van der Waals surface area (Å²) < 4.78 is 15.5. The molecule has 25 heavy (non-hydrogen) atoms. The van der Waals surface area contributed by atoms with E-state index in [-0.39, 0.29) is 24.0 Å². The van der Waals surface area contributed by atoms with Gasteiger partial charge >= 0.3 is 0 Å². The molecule has 4 rings (SSSR count). The lowest BCUT2D eigenvalue weighted by Crippen LogP contribution is -2.26. The van der Waals surface area contributed by atoms with Crippen LogP contribution in [0.15, 0.2) is 54.3 Å². The van der Waals surface area contributed by atoms with Crippen LogP contribution in [0.25, 0.3) is 16.6 Å². The Balaban J connectivity index is 1.81. The Morgan fingerprint density at radius 2 is 2.00 bits per heavy atom.